The van der Waals surface area contributed by atoms with E-state index in [1.807, 2.05) is 0 Å². The molecular formula is C18H30N2Si. The number of hydrogen-bond acceptors (Lipinski definition) is 2. The van der Waals surface area contributed by atoms with E-state index in [0.29, 0.717) is 0 Å². The second-order valence-corrected chi connectivity index (χ2v) is 13.0. The Morgan fingerprint density at radius 1 is 1.10 bits per heavy atom. The summed E-state index contributed by atoms with van der Waals surface area (Å²) >= 11 is 0. The quantitative estimate of drug-likeness (QED) is 0.813. The molecule has 1 saturated carbocycles. The molecule has 1 aromatic rings. The molecule has 1 saturated heterocycles. The van der Waals surface area contributed by atoms with Gasteiger partial charge in [0.05, 0.1) is 8.07 Å². The Bertz CT molecular complexity index is 453. The average molecular weight is 303 g/mol. The molecule has 1 unspecified atom stereocenters. The van der Waals surface area contributed by atoms with Crippen molar-refractivity contribution in [3.05, 3.63) is 29.8 Å². The molecule has 116 valence electrons. The summed E-state index contributed by atoms with van der Waals surface area (Å²) in [5.74, 6) is 0. The van der Waals surface area contributed by atoms with Gasteiger partial charge in [-0.25, -0.2) is 0 Å². The van der Waals surface area contributed by atoms with Crippen molar-refractivity contribution in [2.24, 2.45) is 0 Å². The van der Waals surface area contributed by atoms with Crippen LogP contribution in [0.2, 0.25) is 19.6 Å². The lowest BCUT2D eigenvalue weighted by molar-refractivity contribution is 0.231. The number of benzene rings is 1. The van der Waals surface area contributed by atoms with Crippen molar-refractivity contribution >= 4 is 13.3 Å². The second-order valence-electron chi connectivity index (χ2n) is 7.90. The van der Waals surface area contributed by atoms with Crippen LogP contribution in [0.3, 0.4) is 0 Å². The van der Waals surface area contributed by atoms with Crippen LogP contribution in [0.25, 0.3) is 0 Å². The fraction of sp³-hybridized carbons (Fsp3) is 0.667. The number of hydrogen-bond donors (Lipinski definition) is 1. The fourth-order valence-electron chi connectivity index (χ4n) is 3.32. The lowest BCUT2D eigenvalue weighted by Crippen LogP contribution is -2.39. The molecular weight excluding hydrogens is 272 g/mol. The van der Waals surface area contributed by atoms with Gasteiger partial charge in [-0.05, 0) is 37.8 Å². The first-order chi connectivity index (χ1) is 10.0. The Morgan fingerprint density at radius 2 is 1.81 bits per heavy atom. The molecule has 3 heteroatoms. The van der Waals surface area contributed by atoms with Crippen LogP contribution < -0.4 is 10.5 Å². The number of rotatable bonds is 6. The molecule has 0 spiro atoms. The van der Waals surface area contributed by atoms with Crippen LogP contribution in [0.15, 0.2) is 24.3 Å². The minimum atomic E-state index is -1.16. The Labute approximate surface area is 130 Å². The van der Waals surface area contributed by atoms with E-state index in [9.17, 15) is 0 Å². The predicted octanol–water partition coefficient (Wildman–Crippen LogP) is 2.95. The molecule has 0 radical (unpaired) electrons. The maximum absolute atomic E-state index is 3.65. The second kappa shape index (κ2) is 6.23. The monoisotopic (exact) mass is 302 g/mol. The van der Waals surface area contributed by atoms with Gasteiger partial charge in [-0.2, -0.15) is 0 Å². The molecule has 1 aromatic carbocycles. The number of nitrogens with one attached hydrogen (secondary N) is 1. The molecule has 0 aromatic heterocycles. The average Bonchev–Trinajstić information content (AvgIpc) is 3.16. The molecule has 2 fully saturated rings. The fourth-order valence-corrected chi connectivity index (χ4v) is 4.49. The van der Waals surface area contributed by atoms with Gasteiger partial charge in [0.25, 0.3) is 0 Å². The summed E-state index contributed by atoms with van der Waals surface area (Å²) in [4.78, 5) is 2.71. The first-order valence-electron chi connectivity index (χ1n) is 8.59. The van der Waals surface area contributed by atoms with Crippen LogP contribution in [-0.4, -0.2) is 38.1 Å². The van der Waals surface area contributed by atoms with Gasteiger partial charge in [-0.1, -0.05) is 49.1 Å². The molecule has 2 nitrogen and oxygen atoms in total. The third kappa shape index (κ3) is 4.18. The van der Waals surface area contributed by atoms with Gasteiger partial charge in [0.1, 0.15) is 0 Å². The highest BCUT2D eigenvalue weighted by atomic mass is 28.3. The summed E-state index contributed by atoms with van der Waals surface area (Å²) in [5.41, 5.74) is 1.49. The summed E-state index contributed by atoms with van der Waals surface area (Å²) in [5, 5.41) is 5.22. The van der Waals surface area contributed by atoms with Gasteiger partial charge in [0, 0.05) is 25.2 Å². The molecule has 1 aliphatic heterocycles. The molecule has 1 atom stereocenters. The summed E-state index contributed by atoms with van der Waals surface area (Å²) in [6.07, 6.45) is 5.52. The van der Waals surface area contributed by atoms with Crippen molar-refractivity contribution in [3.8, 4) is 0 Å². The van der Waals surface area contributed by atoms with E-state index in [2.05, 4.69) is 54.1 Å². The standard InChI is InChI=1S/C18H30N2Si/c1-21(2,3)18-10-6-15(7-11-18)13-20(17-8-9-17)14-16-5-4-12-19-16/h6-7,10-11,16-17,19H,4-5,8-9,12-14H2,1-3H3. The zero-order chi connectivity index (χ0) is 14.9. The van der Waals surface area contributed by atoms with E-state index in [1.54, 1.807) is 5.19 Å². The van der Waals surface area contributed by atoms with Crippen LogP contribution in [-0.2, 0) is 6.54 Å². The SMILES string of the molecule is C[Si](C)(C)c1ccc(CN(CC2CCCN2)C2CC2)cc1. The zero-order valence-corrected chi connectivity index (χ0v) is 14.9. The molecule has 1 N–H and O–H groups in total. The zero-order valence-electron chi connectivity index (χ0n) is 13.9. The van der Waals surface area contributed by atoms with Gasteiger partial charge in [0.2, 0.25) is 0 Å². The molecule has 0 amide bonds. The summed E-state index contributed by atoms with van der Waals surface area (Å²) in [6.45, 7) is 10.8. The lowest BCUT2D eigenvalue weighted by Gasteiger charge is -2.26. The van der Waals surface area contributed by atoms with Crippen LogP contribution in [0.5, 0.6) is 0 Å². The normalized spacial score (nSPS) is 23.0. The smallest absolute Gasteiger partial charge is 0.0775 e. The minimum absolute atomic E-state index is 0.729. The van der Waals surface area contributed by atoms with E-state index < -0.39 is 8.07 Å². The van der Waals surface area contributed by atoms with Crippen molar-refractivity contribution in [3.63, 3.8) is 0 Å². The van der Waals surface area contributed by atoms with Crippen LogP contribution in [0.1, 0.15) is 31.2 Å². The van der Waals surface area contributed by atoms with Crippen LogP contribution in [0, 0.1) is 0 Å². The summed E-state index contributed by atoms with van der Waals surface area (Å²) < 4.78 is 0. The van der Waals surface area contributed by atoms with Crippen molar-refractivity contribution < 1.29 is 0 Å². The van der Waals surface area contributed by atoms with Gasteiger partial charge in [-0.3, -0.25) is 4.90 Å². The first kappa shape index (κ1) is 15.3. The first-order valence-corrected chi connectivity index (χ1v) is 12.1. The maximum atomic E-state index is 3.65. The Morgan fingerprint density at radius 3 is 2.33 bits per heavy atom. The van der Waals surface area contributed by atoms with Crippen LogP contribution in [0.4, 0.5) is 0 Å². The van der Waals surface area contributed by atoms with Crippen LogP contribution >= 0.6 is 0 Å². The van der Waals surface area contributed by atoms with E-state index in [1.165, 1.54) is 44.3 Å². The number of nitrogens with zero attached hydrogens (tertiary/aromatic N) is 1. The third-order valence-corrected chi connectivity index (χ3v) is 6.95. The van der Waals surface area contributed by atoms with Gasteiger partial charge in [-0.15, -0.1) is 0 Å². The van der Waals surface area contributed by atoms with Crippen molar-refractivity contribution in [2.75, 3.05) is 13.1 Å². The van der Waals surface area contributed by atoms with E-state index in [4.69, 9.17) is 0 Å². The Kier molecular flexibility index (Phi) is 4.53. The van der Waals surface area contributed by atoms with Crippen molar-refractivity contribution in [1.29, 1.82) is 0 Å². The molecule has 1 heterocycles. The van der Waals surface area contributed by atoms with E-state index in [-0.39, 0.29) is 0 Å². The summed E-state index contributed by atoms with van der Waals surface area (Å²) in [6, 6.07) is 11.1. The Balaban J connectivity index is 1.62. The lowest BCUT2D eigenvalue weighted by atomic mass is 10.1. The largest absolute Gasteiger partial charge is 0.313 e. The highest BCUT2D eigenvalue weighted by Gasteiger charge is 2.31. The Hall–Kier alpha value is -0.643. The van der Waals surface area contributed by atoms with E-state index in [0.717, 1.165) is 18.6 Å². The molecule has 3 rings (SSSR count). The maximum Gasteiger partial charge on any atom is 0.0775 e. The van der Waals surface area contributed by atoms with Gasteiger partial charge >= 0.3 is 0 Å². The highest BCUT2D eigenvalue weighted by Crippen LogP contribution is 2.29. The molecule has 21 heavy (non-hydrogen) atoms. The van der Waals surface area contributed by atoms with E-state index >= 15 is 0 Å². The predicted molar refractivity (Wildman–Crippen MR) is 93.9 cm³/mol. The topological polar surface area (TPSA) is 15.3 Å². The molecule has 0 bridgehead atoms. The molecule has 2 aliphatic rings. The van der Waals surface area contributed by atoms with Gasteiger partial charge < -0.3 is 5.32 Å². The highest BCUT2D eigenvalue weighted by molar-refractivity contribution is 6.88. The third-order valence-electron chi connectivity index (χ3n) is 4.89. The van der Waals surface area contributed by atoms with Crippen molar-refractivity contribution in [2.45, 2.75) is 64.0 Å². The van der Waals surface area contributed by atoms with Crippen molar-refractivity contribution in [1.82, 2.24) is 10.2 Å². The molecule has 1 aliphatic carbocycles. The minimum Gasteiger partial charge on any atom is -0.313 e. The summed E-state index contributed by atoms with van der Waals surface area (Å²) in [7, 11) is -1.16. The van der Waals surface area contributed by atoms with Gasteiger partial charge in [0.15, 0.2) is 0 Å².